The van der Waals surface area contributed by atoms with E-state index in [2.05, 4.69) is 26.1 Å². The van der Waals surface area contributed by atoms with E-state index in [4.69, 9.17) is 0 Å². The highest BCUT2D eigenvalue weighted by Crippen LogP contribution is 2.33. The van der Waals surface area contributed by atoms with E-state index in [0.29, 0.717) is 16.8 Å². The zero-order valence-corrected chi connectivity index (χ0v) is 21.5. The molecule has 0 saturated heterocycles. The van der Waals surface area contributed by atoms with Crippen LogP contribution in [-0.2, 0) is 19.8 Å². The first-order valence-electron chi connectivity index (χ1n) is 12.4. The van der Waals surface area contributed by atoms with Crippen molar-refractivity contribution < 1.29 is 13.2 Å². The molecule has 0 atom stereocenters. The van der Waals surface area contributed by atoms with E-state index in [-0.39, 0.29) is 29.4 Å². The van der Waals surface area contributed by atoms with E-state index in [1.54, 1.807) is 19.2 Å². The van der Waals surface area contributed by atoms with Gasteiger partial charge in [0.2, 0.25) is 0 Å². The highest BCUT2D eigenvalue weighted by molar-refractivity contribution is 5.71. The lowest BCUT2D eigenvalue weighted by molar-refractivity contribution is -0.138. The molecule has 37 heavy (non-hydrogen) atoms. The Morgan fingerprint density at radius 1 is 1.03 bits per heavy atom. The van der Waals surface area contributed by atoms with Gasteiger partial charge >= 0.3 is 6.18 Å². The van der Waals surface area contributed by atoms with Gasteiger partial charge in [0.25, 0.3) is 5.56 Å². The van der Waals surface area contributed by atoms with Crippen LogP contribution in [0.1, 0.15) is 71.9 Å². The van der Waals surface area contributed by atoms with Crippen LogP contribution in [0, 0.1) is 20.8 Å². The van der Waals surface area contributed by atoms with Gasteiger partial charge in [0.1, 0.15) is 5.52 Å². The van der Waals surface area contributed by atoms with E-state index >= 15 is 0 Å². The Labute approximate surface area is 213 Å². The van der Waals surface area contributed by atoms with Crippen molar-refractivity contribution in [1.29, 1.82) is 0 Å². The third-order valence-corrected chi connectivity index (χ3v) is 6.73. The molecular weight excluding hydrogens is 481 g/mol. The molecule has 1 fully saturated rings. The van der Waals surface area contributed by atoms with Crippen molar-refractivity contribution in [3.63, 3.8) is 0 Å². The number of pyridine rings is 2. The van der Waals surface area contributed by atoms with Crippen molar-refractivity contribution >= 4 is 11.2 Å². The SMILES string of the molecule is Cc1cc(C)n(C)n1.Cc1cnc2cc(C3CCCCC3)c(=O)n(Cc3ncccc3C(F)(F)F)c2n1. The molecule has 0 radical (unpaired) electrons. The highest BCUT2D eigenvalue weighted by atomic mass is 19.4. The standard InChI is InChI=1S/C21H21F3N4O.C6H10N2/c1-13-11-26-17-10-15(14-6-3-2-4-7-14)20(29)28(19(17)27-13)12-18-16(21(22,23)24)8-5-9-25-18;1-5-4-6(2)8(3)7-5/h5,8-11,14H,2-4,6-7,12H2,1H3;4H,1-3H3. The van der Waals surface area contributed by atoms with E-state index in [1.165, 1.54) is 22.5 Å². The minimum atomic E-state index is -4.55. The molecule has 0 aromatic carbocycles. The van der Waals surface area contributed by atoms with Crippen LogP contribution in [0.5, 0.6) is 0 Å². The second kappa shape index (κ2) is 10.8. The molecular formula is C27H31F3N6O. The largest absolute Gasteiger partial charge is 0.418 e. The number of nitrogens with zero attached hydrogens (tertiary/aromatic N) is 6. The fourth-order valence-electron chi connectivity index (χ4n) is 4.80. The van der Waals surface area contributed by atoms with E-state index in [0.717, 1.165) is 43.9 Å². The summed E-state index contributed by atoms with van der Waals surface area (Å²) in [6, 6.07) is 6.05. The molecule has 10 heteroatoms. The van der Waals surface area contributed by atoms with Crippen molar-refractivity contribution in [2.45, 2.75) is 71.5 Å². The van der Waals surface area contributed by atoms with Crippen molar-refractivity contribution in [2.75, 3.05) is 0 Å². The van der Waals surface area contributed by atoms with E-state index in [1.807, 2.05) is 25.6 Å². The number of hydrogen-bond acceptors (Lipinski definition) is 5. The minimum absolute atomic E-state index is 0.0980. The first-order chi connectivity index (χ1) is 17.5. The number of aryl methyl sites for hydroxylation is 4. The Kier molecular flexibility index (Phi) is 7.75. The lowest BCUT2D eigenvalue weighted by atomic mass is 9.84. The number of fused-ring (bicyclic) bond motifs is 1. The van der Waals surface area contributed by atoms with E-state index in [9.17, 15) is 18.0 Å². The average Bonchev–Trinajstić information content (AvgIpc) is 3.16. The molecule has 0 bridgehead atoms. The Morgan fingerprint density at radius 2 is 1.76 bits per heavy atom. The maximum atomic E-state index is 13.4. The van der Waals surface area contributed by atoms with Crippen LogP contribution in [0.25, 0.3) is 11.2 Å². The lowest BCUT2D eigenvalue weighted by Gasteiger charge is -2.23. The summed E-state index contributed by atoms with van der Waals surface area (Å²) in [5, 5.41) is 4.13. The van der Waals surface area contributed by atoms with Gasteiger partial charge < -0.3 is 0 Å². The van der Waals surface area contributed by atoms with Crippen LogP contribution in [0.3, 0.4) is 0 Å². The second-order valence-electron chi connectivity index (χ2n) is 9.59. The molecule has 0 spiro atoms. The van der Waals surface area contributed by atoms with Gasteiger partial charge in [0.05, 0.1) is 29.2 Å². The summed E-state index contributed by atoms with van der Waals surface area (Å²) < 4.78 is 43.5. The van der Waals surface area contributed by atoms with Crippen LogP contribution in [-0.4, -0.2) is 29.3 Å². The summed E-state index contributed by atoms with van der Waals surface area (Å²) in [4.78, 5) is 26.1. The van der Waals surface area contributed by atoms with Crippen LogP contribution in [0.2, 0.25) is 0 Å². The Hall–Kier alpha value is -3.56. The summed E-state index contributed by atoms with van der Waals surface area (Å²) in [6.07, 6.45) is 3.38. The van der Waals surface area contributed by atoms with Crippen molar-refractivity contribution in [2.24, 2.45) is 7.05 Å². The van der Waals surface area contributed by atoms with Gasteiger partial charge in [-0.25, -0.2) is 4.98 Å². The average molecular weight is 513 g/mol. The summed E-state index contributed by atoms with van der Waals surface area (Å²) in [5.74, 6) is 0.0980. The fourth-order valence-corrected chi connectivity index (χ4v) is 4.80. The third kappa shape index (κ3) is 6.06. The van der Waals surface area contributed by atoms with Crippen LogP contribution in [0.15, 0.2) is 41.5 Å². The van der Waals surface area contributed by atoms with E-state index < -0.39 is 11.7 Å². The number of aromatic nitrogens is 6. The monoisotopic (exact) mass is 512 g/mol. The predicted molar refractivity (Wildman–Crippen MR) is 135 cm³/mol. The topological polar surface area (TPSA) is 78.5 Å². The number of alkyl halides is 3. The summed E-state index contributed by atoms with van der Waals surface area (Å²) in [7, 11) is 1.95. The van der Waals surface area contributed by atoms with Crippen molar-refractivity contribution in [1.82, 2.24) is 29.3 Å². The predicted octanol–water partition coefficient (Wildman–Crippen LogP) is 5.65. The van der Waals surface area contributed by atoms with Crippen LogP contribution < -0.4 is 5.56 Å². The molecule has 0 aliphatic heterocycles. The van der Waals surface area contributed by atoms with Gasteiger partial charge in [0, 0.05) is 30.7 Å². The Balaban J connectivity index is 0.000000342. The minimum Gasteiger partial charge on any atom is -0.285 e. The summed E-state index contributed by atoms with van der Waals surface area (Å²) in [6.45, 7) is 5.47. The molecule has 0 N–H and O–H groups in total. The quantitative estimate of drug-likeness (QED) is 0.355. The molecule has 4 aromatic heterocycles. The molecule has 0 amide bonds. The molecule has 4 heterocycles. The first kappa shape index (κ1) is 26.5. The second-order valence-corrected chi connectivity index (χ2v) is 9.59. The molecule has 0 unspecified atom stereocenters. The molecule has 1 aliphatic rings. The third-order valence-electron chi connectivity index (χ3n) is 6.73. The van der Waals surface area contributed by atoms with Gasteiger partial charge in [-0.2, -0.15) is 18.3 Å². The van der Waals surface area contributed by atoms with Gasteiger partial charge in [-0.3, -0.25) is 24.0 Å². The number of halogens is 3. The van der Waals surface area contributed by atoms with Crippen molar-refractivity contribution in [3.05, 3.63) is 80.9 Å². The Bertz CT molecular complexity index is 1430. The zero-order chi connectivity index (χ0) is 26.7. The number of rotatable bonds is 3. The maximum Gasteiger partial charge on any atom is 0.418 e. The van der Waals surface area contributed by atoms with Crippen molar-refractivity contribution in [3.8, 4) is 0 Å². The molecule has 7 nitrogen and oxygen atoms in total. The maximum absolute atomic E-state index is 13.4. The van der Waals surface area contributed by atoms with Gasteiger partial charge in [-0.15, -0.1) is 0 Å². The van der Waals surface area contributed by atoms with Crippen LogP contribution >= 0.6 is 0 Å². The summed E-state index contributed by atoms with van der Waals surface area (Å²) >= 11 is 0. The summed E-state index contributed by atoms with van der Waals surface area (Å²) in [5.41, 5.74) is 2.95. The molecule has 1 aliphatic carbocycles. The van der Waals surface area contributed by atoms with Gasteiger partial charge in [-0.05, 0) is 63.8 Å². The smallest absolute Gasteiger partial charge is 0.285 e. The molecule has 1 saturated carbocycles. The fraction of sp³-hybridized carbons (Fsp3) is 0.444. The van der Waals surface area contributed by atoms with Gasteiger partial charge in [-0.1, -0.05) is 19.3 Å². The molecule has 5 rings (SSSR count). The van der Waals surface area contributed by atoms with Crippen LogP contribution in [0.4, 0.5) is 13.2 Å². The van der Waals surface area contributed by atoms with Gasteiger partial charge in [0.15, 0.2) is 5.65 Å². The Morgan fingerprint density at radius 3 is 2.35 bits per heavy atom. The molecule has 4 aromatic rings. The molecule has 196 valence electrons. The highest BCUT2D eigenvalue weighted by Gasteiger charge is 2.34. The first-order valence-corrected chi connectivity index (χ1v) is 12.4. The lowest BCUT2D eigenvalue weighted by Crippen LogP contribution is -2.29. The normalized spacial score (nSPS) is 14.5. The number of hydrogen-bond donors (Lipinski definition) is 0. The zero-order valence-electron chi connectivity index (χ0n) is 21.5.